The maximum absolute atomic E-state index is 12.3. The molecule has 5 heteroatoms. The quantitative estimate of drug-likeness (QED) is 0.908. The Hall–Kier alpha value is -2.69. The highest BCUT2D eigenvalue weighted by Crippen LogP contribution is 2.21. The summed E-state index contributed by atoms with van der Waals surface area (Å²) in [5, 5.41) is 11.6. The van der Waals surface area contributed by atoms with Crippen LogP contribution >= 0.6 is 0 Å². The number of hydrogen-bond donors (Lipinski definition) is 2. The van der Waals surface area contributed by atoms with E-state index in [0.29, 0.717) is 16.9 Å². The average molecular weight is 312 g/mol. The Kier molecular flexibility index (Phi) is 4.79. The number of amides is 1. The first-order valence-electron chi connectivity index (χ1n) is 7.35. The standard InChI is InChI=1S/C18H20N2O3/c1-18(2,3)13-8-9-15(19-11-13)17(23)20-14-7-5-4-6-12(14)10-16(21)22/h4-9,11H,10H2,1-3H3,(H,20,23)(H,21,22). The Morgan fingerprint density at radius 2 is 1.83 bits per heavy atom. The minimum absolute atomic E-state index is 0.0317. The highest BCUT2D eigenvalue weighted by atomic mass is 16.4. The molecule has 0 radical (unpaired) electrons. The molecule has 0 saturated carbocycles. The van der Waals surface area contributed by atoms with Gasteiger partial charge in [-0.15, -0.1) is 0 Å². The van der Waals surface area contributed by atoms with Crippen LogP contribution in [0.1, 0.15) is 42.4 Å². The molecule has 120 valence electrons. The van der Waals surface area contributed by atoms with Crippen molar-refractivity contribution in [3.05, 3.63) is 59.4 Å². The second-order valence-electron chi connectivity index (χ2n) is 6.36. The molecular weight excluding hydrogens is 292 g/mol. The molecule has 1 aromatic carbocycles. The third-order valence-electron chi connectivity index (χ3n) is 3.47. The number of pyridine rings is 1. The van der Waals surface area contributed by atoms with Gasteiger partial charge in [0.1, 0.15) is 5.69 Å². The number of carboxylic acids is 1. The van der Waals surface area contributed by atoms with Crippen LogP contribution in [-0.2, 0) is 16.6 Å². The Morgan fingerprint density at radius 1 is 1.13 bits per heavy atom. The van der Waals surface area contributed by atoms with Crippen LogP contribution in [0.2, 0.25) is 0 Å². The zero-order valence-electron chi connectivity index (χ0n) is 13.5. The van der Waals surface area contributed by atoms with E-state index < -0.39 is 5.97 Å². The molecule has 0 aliphatic rings. The monoisotopic (exact) mass is 312 g/mol. The summed E-state index contributed by atoms with van der Waals surface area (Å²) >= 11 is 0. The summed E-state index contributed by atoms with van der Waals surface area (Å²) in [4.78, 5) is 27.4. The van der Waals surface area contributed by atoms with E-state index in [-0.39, 0.29) is 17.7 Å². The molecule has 0 bridgehead atoms. The third-order valence-corrected chi connectivity index (χ3v) is 3.47. The van der Waals surface area contributed by atoms with Crippen molar-refractivity contribution in [1.82, 2.24) is 4.98 Å². The molecule has 0 fully saturated rings. The van der Waals surface area contributed by atoms with Crippen LogP contribution in [0.3, 0.4) is 0 Å². The Balaban J connectivity index is 2.18. The normalized spacial score (nSPS) is 11.1. The van der Waals surface area contributed by atoms with Crippen molar-refractivity contribution in [2.24, 2.45) is 0 Å². The predicted octanol–water partition coefficient (Wildman–Crippen LogP) is 3.26. The van der Waals surface area contributed by atoms with Gasteiger partial charge in [0, 0.05) is 11.9 Å². The summed E-state index contributed by atoms with van der Waals surface area (Å²) in [6, 6.07) is 10.4. The highest BCUT2D eigenvalue weighted by Gasteiger charge is 2.16. The van der Waals surface area contributed by atoms with Crippen LogP contribution in [0.5, 0.6) is 0 Å². The molecule has 23 heavy (non-hydrogen) atoms. The number of hydrogen-bond acceptors (Lipinski definition) is 3. The van der Waals surface area contributed by atoms with Gasteiger partial charge in [-0.2, -0.15) is 0 Å². The number of carboxylic acid groups (broad SMARTS) is 1. The van der Waals surface area contributed by atoms with Crippen LogP contribution in [0, 0.1) is 0 Å². The Morgan fingerprint density at radius 3 is 2.39 bits per heavy atom. The van der Waals surface area contributed by atoms with E-state index in [1.54, 1.807) is 36.5 Å². The zero-order valence-corrected chi connectivity index (χ0v) is 13.5. The highest BCUT2D eigenvalue weighted by molar-refractivity contribution is 6.03. The van der Waals surface area contributed by atoms with Crippen molar-refractivity contribution in [1.29, 1.82) is 0 Å². The number of benzene rings is 1. The van der Waals surface area contributed by atoms with Gasteiger partial charge in [0.05, 0.1) is 6.42 Å². The van der Waals surface area contributed by atoms with E-state index in [2.05, 4.69) is 31.1 Å². The fraction of sp³-hybridized carbons (Fsp3) is 0.278. The van der Waals surface area contributed by atoms with E-state index in [1.165, 1.54) is 0 Å². The van der Waals surface area contributed by atoms with Gasteiger partial charge >= 0.3 is 5.97 Å². The Labute approximate surface area is 135 Å². The summed E-state index contributed by atoms with van der Waals surface area (Å²) in [6.45, 7) is 6.23. The van der Waals surface area contributed by atoms with Crippen molar-refractivity contribution in [3.63, 3.8) is 0 Å². The number of aromatic nitrogens is 1. The van der Waals surface area contributed by atoms with Crippen molar-refractivity contribution in [3.8, 4) is 0 Å². The van der Waals surface area contributed by atoms with E-state index in [0.717, 1.165) is 5.56 Å². The van der Waals surface area contributed by atoms with Crippen LogP contribution in [0.25, 0.3) is 0 Å². The number of aliphatic carboxylic acids is 1. The summed E-state index contributed by atoms with van der Waals surface area (Å²) in [5.74, 6) is -1.30. The van der Waals surface area contributed by atoms with Gasteiger partial charge in [0.25, 0.3) is 5.91 Å². The van der Waals surface area contributed by atoms with Crippen molar-refractivity contribution < 1.29 is 14.7 Å². The SMILES string of the molecule is CC(C)(C)c1ccc(C(=O)Nc2ccccc2CC(=O)O)nc1. The summed E-state index contributed by atoms with van der Waals surface area (Å²) < 4.78 is 0. The topological polar surface area (TPSA) is 79.3 Å². The van der Waals surface area contributed by atoms with E-state index in [9.17, 15) is 9.59 Å². The molecule has 0 spiro atoms. The predicted molar refractivity (Wildman–Crippen MR) is 88.7 cm³/mol. The lowest BCUT2D eigenvalue weighted by Gasteiger charge is -2.18. The van der Waals surface area contributed by atoms with E-state index in [4.69, 9.17) is 5.11 Å². The number of carbonyl (C=O) groups excluding carboxylic acids is 1. The molecule has 0 aliphatic heterocycles. The smallest absolute Gasteiger partial charge is 0.307 e. The first-order chi connectivity index (χ1) is 10.8. The molecular formula is C18H20N2O3. The zero-order chi connectivity index (χ0) is 17.0. The molecule has 0 saturated heterocycles. The molecule has 1 aromatic heterocycles. The number of carbonyl (C=O) groups is 2. The molecule has 2 rings (SSSR count). The number of rotatable bonds is 4. The van der Waals surface area contributed by atoms with Gasteiger partial charge in [-0.1, -0.05) is 45.0 Å². The third kappa shape index (κ3) is 4.39. The molecule has 1 heterocycles. The Bertz CT molecular complexity index is 716. The molecule has 5 nitrogen and oxygen atoms in total. The molecule has 2 aromatic rings. The van der Waals surface area contributed by atoms with Gasteiger partial charge in [-0.25, -0.2) is 0 Å². The van der Waals surface area contributed by atoms with Crippen molar-refractivity contribution in [2.45, 2.75) is 32.6 Å². The summed E-state index contributed by atoms with van der Waals surface area (Å²) in [7, 11) is 0. The van der Waals surface area contributed by atoms with Gasteiger partial charge in [0.2, 0.25) is 0 Å². The maximum Gasteiger partial charge on any atom is 0.307 e. The van der Waals surface area contributed by atoms with Crippen molar-refractivity contribution >= 4 is 17.6 Å². The van der Waals surface area contributed by atoms with Crippen LogP contribution in [0.15, 0.2) is 42.6 Å². The number of nitrogens with zero attached hydrogens (tertiary/aromatic N) is 1. The van der Waals surface area contributed by atoms with Crippen molar-refractivity contribution in [2.75, 3.05) is 5.32 Å². The van der Waals surface area contributed by atoms with Crippen LogP contribution in [0.4, 0.5) is 5.69 Å². The average Bonchev–Trinajstić information content (AvgIpc) is 2.48. The van der Waals surface area contributed by atoms with Gasteiger partial charge < -0.3 is 10.4 Å². The van der Waals surface area contributed by atoms with Crippen LogP contribution < -0.4 is 5.32 Å². The number of anilines is 1. The minimum Gasteiger partial charge on any atom is -0.481 e. The van der Waals surface area contributed by atoms with Gasteiger partial charge in [-0.3, -0.25) is 14.6 Å². The van der Waals surface area contributed by atoms with E-state index in [1.807, 2.05) is 6.07 Å². The fourth-order valence-corrected chi connectivity index (χ4v) is 2.12. The molecule has 0 unspecified atom stereocenters. The molecule has 0 atom stereocenters. The molecule has 1 amide bonds. The second kappa shape index (κ2) is 6.60. The first kappa shape index (κ1) is 16.7. The van der Waals surface area contributed by atoms with Gasteiger partial charge in [0.15, 0.2) is 0 Å². The second-order valence-corrected chi connectivity index (χ2v) is 6.36. The summed E-state index contributed by atoms with van der Waals surface area (Å²) in [6.07, 6.45) is 1.55. The number of para-hydroxylation sites is 1. The molecule has 2 N–H and O–H groups in total. The molecule has 0 aliphatic carbocycles. The maximum atomic E-state index is 12.3. The number of nitrogens with one attached hydrogen (secondary N) is 1. The van der Waals surface area contributed by atoms with Gasteiger partial charge in [-0.05, 0) is 28.7 Å². The largest absolute Gasteiger partial charge is 0.481 e. The summed E-state index contributed by atoms with van der Waals surface area (Å²) in [5.41, 5.74) is 2.35. The van der Waals surface area contributed by atoms with Crippen LogP contribution in [-0.4, -0.2) is 22.0 Å². The first-order valence-corrected chi connectivity index (χ1v) is 7.35. The van der Waals surface area contributed by atoms with E-state index >= 15 is 0 Å². The lowest BCUT2D eigenvalue weighted by atomic mass is 9.88. The lowest BCUT2D eigenvalue weighted by Crippen LogP contribution is -2.17. The minimum atomic E-state index is -0.945. The lowest BCUT2D eigenvalue weighted by molar-refractivity contribution is -0.136. The fourth-order valence-electron chi connectivity index (χ4n) is 2.12.